The minimum atomic E-state index is 0.00764. The van der Waals surface area contributed by atoms with Crippen LogP contribution in [0.4, 0.5) is 0 Å². The van der Waals surface area contributed by atoms with E-state index in [4.69, 9.17) is 0 Å². The standard InChI is InChI=1S/C20H24N2O/c1-2-22-12-10-17-8-9-19(14-18(17)11-13-22)20(23)21-15-16-6-4-3-5-7-16/h3-9,14H,2,10-13,15H2,1H3,(H,21,23). The van der Waals surface area contributed by atoms with Crippen LogP contribution in [0, 0.1) is 0 Å². The van der Waals surface area contributed by atoms with E-state index in [1.165, 1.54) is 11.1 Å². The first-order chi connectivity index (χ1) is 11.3. The Balaban J connectivity index is 1.67. The molecule has 0 aromatic heterocycles. The summed E-state index contributed by atoms with van der Waals surface area (Å²) in [5.41, 5.74) is 4.60. The van der Waals surface area contributed by atoms with Crippen LogP contribution < -0.4 is 5.32 Å². The summed E-state index contributed by atoms with van der Waals surface area (Å²) in [6, 6.07) is 16.2. The van der Waals surface area contributed by atoms with E-state index in [0.29, 0.717) is 6.54 Å². The van der Waals surface area contributed by atoms with Gasteiger partial charge in [0, 0.05) is 25.2 Å². The number of rotatable bonds is 4. The number of nitrogens with one attached hydrogen (secondary N) is 1. The molecule has 0 bridgehead atoms. The predicted octanol–water partition coefficient (Wildman–Crippen LogP) is 3.04. The first-order valence-corrected chi connectivity index (χ1v) is 8.42. The second-order valence-electron chi connectivity index (χ2n) is 6.09. The maximum Gasteiger partial charge on any atom is 0.251 e. The minimum absolute atomic E-state index is 0.00764. The summed E-state index contributed by atoms with van der Waals surface area (Å²) in [4.78, 5) is 14.9. The quantitative estimate of drug-likeness (QED) is 0.941. The molecule has 1 heterocycles. The van der Waals surface area contributed by atoms with E-state index >= 15 is 0 Å². The van der Waals surface area contributed by atoms with Crippen LogP contribution in [-0.4, -0.2) is 30.4 Å². The third-order valence-corrected chi connectivity index (χ3v) is 4.61. The number of likely N-dealkylation sites (N-methyl/N-ethyl adjacent to an activating group) is 1. The molecule has 1 amide bonds. The fraction of sp³-hybridized carbons (Fsp3) is 0.350. The minimum Gasteiger partial charge on any atom is -0.348 e. The van der Waals surface area contributed by atoms with E-state index in [-0.39, 0.29) is 5.91 Å². The van der Waals surface area contributed by atoms with E-state index in [1.54, 1.807) is 0 Å². The molecule has 0 unspecified atom stereocenters. The third-order valence-electron chi connectivity index (χ3n) is 4.61. The number of nitrogens with zero attached hydrogens (tertiary/aromatic N) is 1. The monoisotopic (exact) mass is 308 g/mol. The summed E-state index contributed by atoms with van der Waals surface area (Å²) >= 11 is 0. The van der Waals surface area contributed by atoms with Crippen LogP contribution in [-0.2, 0) is 19.4 Å². The summed E-state index contributed by atoms with van der Waals surface area (Å²) < 4.78 is 0. The van der Waals surface area contributed by atoms with Gasteiger partial charge in [0.1, 0.15) is 0 Å². The van der Waals surface area contributed by atoms with Crippen molar-refractivity contribution < 1.29 is 4.79 Å². The van der Waals surface area contributed by atoms with Crippen LogP contribution in [0.15, 0.2) is 48.5 Å². The van der Waals surface area contributed by atoms with Crippen molar-refractivity contribution in [1.82, 2.24) is 10.2 Å². The van der Waals surface area contributed by atoms with Crippen molar-refractivity contribution in [3.63, 3.8) is 0 Å². The maximum atomic E-state index is 12.4. The van der Waals surface area contributed by atoms with Crippen molar-refractivity contribution in [3.8, 4) is 0 Å². The highest BCUT2D eigenvalue weighted by molar-refractivity contribution is 5.94. The van der Waals surface area contributed by atoms with E-state index < -0.39 is 0 Å². The van der Waals surface area contributed by atoms with Gasteiger partial charge in [-0.15, -0.1) is 0 Å². The van der Waals surface area contributed by atoms with Crippen molar-refractivity contribution in [1.29, 1.82) is 0 Å². The third kappa shape index (κ3) is 3.99. The van der Waals surface area contributed by atoms with Gasteiger partial charge < -0.3 is 10.2 Å². The lowest BCUT2D eigenvalue weighted by atomic mass is 10.00. The van der Waals surface area contributed by atoms with Gasteiger partial charge in [0.05, 0.1) is 0 Å². The molecule has 0 radical (unpaired) electrons. The molecule has 0 fully saturated rings. The fourth-order valence-corrected chi connectivity index (χ4v) is 3.11. The molecule has 1 N–H and O–H groups in total. The molecule has 1 aliphatic rings. The molecule has 3 heteroatoms. The molecule has 0 saturated heterocycles. The molecule has 23 heavy (non-hydrogen) atoms. The zero-order valence-electron chi connectivity index (χ0n) is 13.7. The van der Waals surface area contributed by atoms with Gasteiger partial charge in [-0.2, -0.15) is 0 Å². The fourth-order valence-electron chi connectivity index (χ4n) is 3.11. The molecule has 1 aliphatic heterocycles. The van der Waals surface area contributed by atoms with E-state index in [0.717, 1.165) is 43.6 Å². The van der Waals surface area contributed by atoms with E-state index in [1.807, 2.05) is 36.4 Å². The smallest absolute Gasteiger partial charge is 0.251 e. The van der Waals surface area contributed by atoms with Crippen molar-refractivity contribution in [2.45, 2.75) is 26.3 Å². The summed E-state index contributed by atoms with van der Waals surface area (Å²) in [5, 5.41) is 3.01. The highest BCUT2D eigenvalue weighted by Gasteiger charge is 2.14. The molecular formula is C20H24N2O. The molecule has 0 spiro atoms. The number of hydrogen-bond donors (Lipinski definition) is 1. The van der Waals surface area contributed by atoms with Crippen LogP contribution in [0.1, 0.15) is 34.0 Å². The number of carbonyl (C=O) groups is 1. The second-order valence-corrected chi connectivity index (χ2v) is 6.09. The van der Waals surface area contributed by atoms with Gasteiger partial charge in [0.15, 0.2) is 0 Å². The number of amides is 1. The summed E-state index contributed by atoms with van der Waals surface area (Å²) in [6.45, 7) is 6.07. The molecule has 2 aromatic carbocycles. The Morgan fingerprint density at radius 3 is 2.52 bits per heavy atom. The highest BCUT2D eigenvalue weighted by Crippen LogP contribution is 2.18. The molecule has 0 saturated carbocycles. The summed E-state index contributed by atoms with van der Waals surface area (Å²) in [7, 11) is 0. The van der Waals surface area contributed by atoms with Gasteiger partial charge in [0.25, 0.3) is 5.91 Å². The Morgan fingerprint density at radius 2 is 1.78 bits per heavy atom. The predicted molar refractivity (Wildman–Crippen MR) is 93.6 cm³/mol. The van der Waals surface area contributed by atoms with Gasteiger partial charge in [-0.05, 0) is 48.2 Å². The molecule has 0 atom stereocenters. The zero-order valence-corrected chi connectivity index (χ0v) is 13.7. The first-order valence-electron chi connectivity index (χ1n) is 8.42. The number of carbonyl (C=O) groups excluding carboxylic acids is 1. The lowest BCUT2D eigenvalue weighted by molar-refractivity contribution is 0.0951. The van der Waals surface area contributed by atoms with Crippen molar-refractivity contribution in [2.75, 3.05) is 19.6 Å². The number of hydrogen-bond acceptors (Lipinski definition) is 2. The van der Waals surface area contributed by atoms with Gasteiger partial charge in [0.2, 0.25) is 0 Å². The van der Waals surface area contributed by atoms with Crippen LogP contribution in [0.2, 0.25) is 0 Å². The summed E-state index contributed by atoms with van der Waals surface area (Å²) in [5.74, 6) is 0.00764. The van der Waals surface area contributed by atoms with Gasteiger partial charge in [-0.3, -0.25) is 4.79 Å². The Kier molecular flexibility index (Phi) is 5.09. The first kappa shape index (κ1) is 15.8. The molecule has 2 aromatic rings. The molecule has 0 aliphatic carbocycles. The molecule has 3 nitrogen and oxygen atoms in total. The van der Waals surface area contributed by atoms with Crippen molar-refractivity contribution in [3.05, 3.63) is 70.8 Å². The molecule has 3 rings (SSSR count). The number of fused-ring (bicyclic) bond motifs is 1. The Bertz CT molecular complexity index is 667. The topological polar surface area (TPSA) is 32.3 Å². The largest absolute Gasteiger partial charge is 0.348 e. The van der Waals surface area contributed by atoms with E-state index in [9.17, 15) is 4.79 Å². The van der Waals surface area contributed by atoms with Gasteiger partial charge in [-0.25, -0.2) is 0 Å². The normalized spacial score (nSPS) is 14.8. The average Bonchev–Trinajstić information content (AvgIpc) is 2.82. The van der Waals surface area contributed by atoms with Crippen molar-refractivity contribution in [2.24, 2.45) is 0 Å². The lowest BCUT2D eigenvalue weighted by Crippen LogP contribution is -2.25. The Labute approximate surface area is 138 Å². The lowest BCUT2D eigenvalue weighted by Gasteiger charge is -2.16. The second kappa shape index (κ2) is 7.42. The van der Waals surface area contributed by atoms with Crippen LogP contribution >= 0.6 is 0 Å². The summed E-state index contributed by atoms with van der Waals surface area (Å²) in [6.07, 6.45) is 2.11. The van der Waals surface area contributed by atoms with Crippen LogP contribution in [0.25, 0.3) is 0 Å². The molecular weight excluding hydrogens is 284 g/mol. The van der Waals surface area contributed by atoms with Gasteiger partial charge >= 0.3 is 0 Å². The Hall–Kier alpha value is -2.13. The SMILES string of the molecule is CCN1CCc2ccc(C(=O)NCc3ccccc3)cc2CC1. The maximum absolute atomic E-state index is 12.4. The average molecular weight is 308 g/mol. The van der Waals surface area contributed by atoms with Crippen LogP contribution in [0.3, 0.4) is 0 Å². The van der Waals surface area contributed by atoms with Crippen molar-refractivity contribution >= 4 is 5.91 Å². The number of benzene rings is 2. The zero-order chi connectivity index (χ0) is 16.1. The van der Waals surface area contributed by atoms with E-state index in [2.05, 4.69) is 29.3 Å². The van der Waals surface area contributed by atoms with Crippen LogP contribution in [0.5, 0.6) is 0 Å². The molecule has 120 valence electrons. The highest BCUT2D eigenvalue weighted by atomic mass is 16.1. The van der Waals surface area contributed by atoms with Gasteiger partial charge in [-0.1, -0.05) is 43.3 Å². The Morgan fingerprint density at radius 1 is 1.04 bits per heavy atom.